The van der Waals surface area contributed by atoms with Crippen LogP contribution in [0.15, 0.2) is 66.7 Å². The van der Waals surface area contributed by atoms with E-state index in [2.05, 4.69) is 10.1 Å². The van der Waals surface area contributed by atoms with Crippen LogP contribution in [-0.4, -0.2) is 13.5 Å². The van der Waals surface area contributed by atoms with Crippen molar-refractivity contribution in [2.45, 2.75) is 32.0 Å². The number of nitrogens with one attached hydrogen (secondary N) is 1. The fraction of sp³-hybridized carbons (Fsp3) is 0.250. The van der Waals surface area contributed by atoms with Gasteiger partial charge in [-0.3, -0.25) is 0 Å². The van der Waals surface area contributed by atoms with Crippen molar-refractivity contribution in [1.82, 2.24) is 5.32 Å². The predicted molar refractivity (Wildman–Crippen MR) is 112 cm³/mol. The number of hydrogen-bond acceptors (Lipinski definition) is 3. The summed E-state index contributed by atoms with van der Waals surface area (Å²) in [5.74, 6) is 0.200. The van der Waals surface area contributed by atoms with Crippen molar-refractivity contribution < 1.29 is 35.8 Å². The summed E-state index contributed by atoms with van der Waals surface area (Å²) in [6.45, 7) is 2.16. The predicted octanol–water partition coefficient (Wildman–Crippen LogP) is 7.13. The van der Waals surface area contributed by atoms with Gasteiger partial charge in [0, 0.05) is 18.2 Å². The van der Waals surface area contributed by atoms with E-state index < -0.39 is 18.1 Å². The summed E-state index contributed by atoms with van der Waals surface area (Å²) in [6, 6.07) is 15.5. The topological polar surface area (TPSA) is 30.5 Å². The van der Waals surface area contributed by atoms with Gasteiger partial charge in [0.05, 0.1) is 12.7 Å². The molecule has 9 heteroatoms. The van der Waals surface area contributed by atoms with E-state index in [4.69, 9.17) is 4.74 Å². The minimum absolute atomic E-state index is 0.293. The third-order valence-electron chi connectivity index (χ3n) is 4.99. The summed E-state index contributed by atoms with van der Waals surface area (Å²) in [4.78, 5) is 0. The van der Waals surface area contributed by atoms with Crippen LogP contribution in [0.4, 0.5) is 26.3 Å². The molecule has 0 aliphatic rings. The lowest BCUT2D eigenvalue weighted by Crippen LogP contribution is -2.19. The molecule has 0 saturated carbocycles. The molecule has 3 nitrogen and oxygen atoms in total. The molecular formula is C24H21F6NO2. The Morgan fingerprint density at radius 1 is 0.879 bits per heavy atom. The second-order valence-corrected chi connectivity index (χ2v) is 7.33. The van der Waals surface area contributed by atoms with E-state index in [1.807, 2.05) is 0 Å². The standard InChI is InChI=1S/C24H21F6NO2/c1-15(18-4-3-5-20(13-18)33-24(28,29)30)31-14-16-6-11-22(32-2)21(12-16)17-7-9-19(10-8-17)23(25,26)27/h3-13,15,31H,14H2,1-2H3. The van der Waals surface area contributed by atoms with E-state index >= 15 is 0 Å². The van der Waals surface area contributed by atoms with Crippen molar-refractivity contribution in [3.05, 3.63) is 83.4 Å². The minimum Gasteiger partial charge on any atom is -0.496 e. The van der Waals surface area contributed by atoms with Gasteiger partial charge in [-0.1, -0.05) is 30.3 Å². The molecule has 0 aliphatic carbocycles. The number of hydrogen-bond donors (Lipinski definition) is 1. The zero-order chi connectivity index (χ0) is 24.2. The van der Waals surface area contributed by atoms with Crippen molar-refractivity contribution >= 4 is 0 Å². The molecule has 33 heavy (non-hydrogen) atoms. The van der Waals surface area contributed by atoms with Gasteiger partial charge in [0.1, 0.15) is 11.5 Å². The van der Waals surface area contributed by atoms with Crippen LogP contribution in [0.25, 0.3) is 11.1 Å². The lowest BCUT2D eigenvalue weighted by molar-refractivity contribution is -0.274. The van der Waals surface area contributed by atoms with Crippen LogP contribution >= 0.6 is 0 Å². The summed E-state index contributed by atoms with van der Waals surface area (Å²) in [5.41, 5.74) is 1.87. The number of methoxy groups -OCH3 is 1. The normalized spacial score (nSPS) is 13.0. The van der Waals surface area contributed by atoms with Gasteiger partial charge < -0.3 is 14.8 Å². The highest BCUT2D eigenvalue weighted by molar-refractivity contribution is 5.71. The molecule has 176 valence electrons. The zero-order valence-corrected chi connectivity index (χ0v) is 17.7. The van der Waals surface area contributed by atoms with Crippen molar-refractivity contribution in [2.75, 3.05) is 7.11 Å². The fourth-order valence-corrected chi connectivity index (χ4v) is 3.30. The Hall–Kier alpha value is -3.20. The van der Waals surface area contributed by atoms with Gasteiger partial charge in [-0.15, -0.1) is 13.2 Å². The van der Waals surface area contributed by atoms with E-state index in [0.717, 1.165) is 17.7 Å². The summed E-state index contributed by atoms with van der Waals surface area (Å²) in [7, 11) is 1.47. The monoisotopic (exact) mass is 469 g/mol. The highest BCUT2D eigenvalue weighted by Gasteiger charge is 2.31. The van der Waals surface area contributed by atoms with Crippen LogP contribution < -0.4 is 14.8 Å². The highest BCUT2D eigenvalue weighted by Crippen LogP contribution is 2.35. The van der Waals surface area contributed by atoms with Gasteiger partial charge in [-0.25, -0.2) is 0 Å². The van der Waals surface area contributed by atoms with Crippen molar-refractivity contribution in [2.24, 2.45) is 0 Å². The van der Waals surface area contributed by atoms with Crippen LogP contribution in [0.3, 0.4) is 0 Å². The van der Waals surface area contributed by atoms with Gasteiger partial charge in [-0.2, -0.15) is 13.2 Å². The summed E-state index contributed by atoms with van der Waals surface area (Å²) < 4.78 is 85.3. The molecule has 0 saturated heterocycles. The molecule has 1 N–H and O–H groups in total. The zero-order valence-electron chi connectivity index (χ0n) is 17.7. The first-order valence-corrected chi connectivity index (χ1v) is 9.90. The summed E-state index contributed by atoms with van der Waals surface area (Å²) in [6.07, 6.45) is -9.19. The molecule has 0 aliphatic heterocycles. The maximum absolute atomic E-state index is 12.9. The van der Waals surface area contributed by atoms with E-state index in [1.165, 1.54) is 37.4 Å². The minimum atomic E-state index is -4.77. The Morgan fingerprint density at radius 3 is 2.18 bits per heavy atom. The first-order valence-electron chi connectivity index (χ1n) is 9.90. The molecule has 3 rings (SSSR count). The first-order chi connectivity index (χ1) is 15.5. The molecule has 0 amide bonds. The Morgan fingerprint density at radius 2 is 1.58 bits per heavy atom. The molecule has 3 aromatic carbocycles. The average molecular weight is 469 g/mol. The number of ether oxygens (including phenoxy) is 2. The van der Waals surface area contributed by atoms with Crippen molar-refractivity contribution in [3.63, 3.8) is 0 Å². The Bertz CT molecular complexity index is 1080. The lowest BCUT2D eigenvalue weighted by atomic mass is 10.00. The Labute approximate surface area is 187 Å². The van der Waals surface area contributed by atoms with Gasteiger partial charge >= 0.3 is 12.5 Å². The highest BCUT2D eigenvalue weighted by atomic mass is 19.4. The lowest BCUT2D eigenvalue weighted by Gasteiger charge is -2.17. The van der Waals surface area contributed by atoms with Crippen LogP contribution in [0.5, 0.6) is 11.5 Å². The van der Waals surface area contributed by atoms with E-state index in [0.29, 0.717) is 29.0 Å². The molecule has 1 atom stereocenters. The molecule has 0 spiro atoms. The first kappa shape index (κ1) is 24.4. The third kappa shape index (κ3) is 6.64. The number of benzene rings is 3. The third-order valence-corrected chi connectivity index (χ3v) is 4.99. The summed E-state index contributed by atoms with van der Waals surface area (Å²) in [5, 5.41) is 3.22. The number of alkyl halides is 6. The molecule has 0 bridgehead atoms. The second kappa shape index (κ2) is 9.74. The van der Waals surface area contributed by atoms with E-state index in [-0.39, 0.29) is 11.8 Å². The van der Waals surface area contributed by atoms with Gasteiger partial charge in [0.25, 0.3) is 0 Å². The van der Waals surface area contributed by atoms with Crippen LogP contribution in [0, 0.1) is 0 Å². The quantitative estimate of drug-likeness (QED) is 0.374. The molecule has 0 heterocycles. The Kier molecular flexibility index (Phi) is 7.22. The molecule has 0 fully saturated rings. The van der Waals surface area contributed by atoms with Crippen molar-refractivity contribution in [3.8, 4) is 22.6 Å². The maximum atomic E-state index is 12.9. The van der Waals surface area contributed by atoms with Gasteiger partial charge in [0.2, 0.25) is 0 Å². The van der Waals surface area contributed by atoms with E-state index in [9.17, 15) is 26.3 Å². The number of rotatable bonds is 7. The maximum Gasteiger partial charge on any atom is 0.573 e. The van der Waals surface area contributed by atoms with E-state index in [1.54, 1.807) is 31.2 Å². The molecule has 3 aromatic rings. The number of halogens is 6. The molecule has 1 unspecified atom stereocenters. The fourth-order valence-electron chi connectivity index (χ4n) is 3.30. The van der Waals surface area contributed by atoms with Crippen LogP contribution in [0.2, 0.25) is 0 Å². The van der Waals surface area contributed by atoms with Crippen LogP contribution in [-0.2, 0) is 12.7 Å². The van der Waals surface area contributed by atoms with Gasteiger partial charge in [0.15, 0.2) is 0 Å². The van der Waals surface area contributed by atoms with Crippen LogP contribution in [0.1, 0.15) is 29.7 Å². The Balaban J connectivity index is 1.75. The summed E-state index contributed by atoms with van der Waals surface area (Å²) >= 11 is 0. The van der Waals surface area contributed by atoms with Crippen molar-refractivity contribution in [1.29, 1.82) is 0 Å². The second-order valence-electron chi connectivity index (χ2n) is 7.33. The SMILES string of the molecule is COc1ccc(CNC(C)c2cccc(OC(F)(F)F)c2)cc1-c1ccc(C(F)(F)F)cc1. The average Bonchev–Trinajstić information content (AvgIpc) is 2.76. The largest absolute Gasteiger partial charge is 0.573 e. The molecule has 0 radical (unpaired) electrons. The molecular weight excluding hydrogens is 448 g/mol. The molecule has 0 aromatic heterocycles. The smallest absolute Gasteiger partial charge is 0.496 e. The van der Waals surface area contributed by atoms with Gasteiger partial charge in [-0.05, 0) is 60.0 Å².